The summed E-state index contributed by atoms with van der Waals surface area (Å²) in [5.74, 6) is 0.236. The number of thiophene rings is 1. The van der Waals surface area contributed by atoms with Gasteiger partial charge in [-0.3, -0.25) is 4.79 Å². The maximum atomic E-state index is 12.2. The van der Waals surface area contributed by atoms with E-state index in [2.05, 4.69) is 21.6 Å². The number of hydrogen-bond donors (Lipinski definition) is 1. The van der Waals surface area contributed by atoms with Crippen molar-refractivity contribution in [2.24, 2.45) is 5.92 Å². The van der Waals surface area contributed by atoms with Crippen LogP contribution in [0, 0.1) is 5.92 Å². The van der Waals surface area contributed by atoms with Crippen LogP contribution in [0.4, 0.5) is 0 Å². The number of aromatic nitrogens is 2. The first-order chi connectivity index (χ1) is 12.7. The minimum absolute atomic E-state index is 0.220. The van der Waals surface area contributed by atoms with E-state index in [0.29, 0.717) is 16.6 Å². The number of nitrogens with one attached hydrogen (secondary N) is 1. The third-order valence-electron chi connectivity index (χ3n) is 4.61. The summed E-state index contributed by atoms with van der Waals surface area (Å²) in [6, 6.07) is 9.81. The fraction of sp³-hybridized carbons (Fsp3) is 0.316. The van der Waals surface area contributed by atoms with Crippen molar-refractivity contribution in [2.75, 3.05) is 20.3 Å². The second kappa shape index (κ2) is 7.31. The van der Waals surface area contributed by atoms with E-state index in [1.165, 1.54) is 0 Å². The summed E-state index contributed by atoms with van der Waals surface area (Å²) >= 11 is 7.56. The number of halogens is 1. The van der Waals surface area contributed by atoms with Crippen molar-refractivity contribution in [1.29, 1.82) is 0 Å². The predicted molar refractivity (Wildman–Crippen MR) is 104 cm³/mol. The highest BCUT2D eigenvalue weighted by molar-refractivity contribution is 7.22. The van der Waals surface area contributed by atoms with Crippen LogP contribution in [-0.2, 0) is 11.2 Å². The first-order valence-electron chi connectivity index (χ1n) is 8.50. The zero-order chi connectivity index (χ0) is 18.1. The van der Waals surface area contributed by atoms with E-state index in [0.717, 1.165) is 52.3 Å². The molecule has 0 radical (unpaired) electrons. The Balaban J connectivity index is 1.82. The molecule has 0 saturated carbocycles. The molecule has 1 aliphatic rings. The van der Waals surface area contributed by atoms with Gasteiger partial charge in [0.1, 0.15) is 0 Å². The lowest BCUT2D eigenvalue weighted by Gasteiger charge is -2.08. The van der Waals surface area contributed by atoms with Crippen LogP contribution >= 0.6 is 22.9 Å². The van der Waals surface area contributed by atoms with Crippen LogP contribution in [0.3, 0.4) is 0 Å². The lowest BCUT2D eigenvalue weighted by Crippen LogP contribution is -2.20. The van der Waals surface area contributed by atoms with Crippen molar-refractivity contribution in [3.63, 3.8) is 0 Å². The molecule has 7 heteroatoms. The van der Waals surface area contributed by atoms with Crippen molar-refractivity contribution >= 4 is 38.9 Å². The van der Waals surface area contributed by atoms with Gasteiger partial charge in [0.05, 0.1) is 10.4 Å². The van der Waals surface area contributed by atoms with Crippen LogP contribution in [0.1, 0.15) is 22.6 Å². The fourth-order valence-corrected chi connectivity index (χ4v) is 4.48. The summed E-state index contributed by atoms with van der Waals surface area (Å²) in [6.07, 6.45) is 1.85. The topological polar surface area (TPSA) is 64.1 Å². The number of carbonyl (C=O) groups excluding carboxylic acids is 1. The quantitative estimate of drug-likeness (QED) is 0.736. The van der Waals surface area contributed by atoms with Gasteiger partial charge in [0, 0.05) is 35.5 Å². The van der Waals surface area contributed by atoms with Gasteiger partial charge in [0.2, 0.25) is 0 Å². The summed E-state index contributed by atoms with van der Waals surface area (Å²) < 4.78 is 6.36. The second-order valence-electron chi connectivity index (χ2n) is 6.37. The van der Waals surface area contributed by atoms with Crippen molar-refractivity contribution in [2.45, 2.75) is 12.8 Å². The Kier molecular flexibility index (Phi) is 4.89. The molecule has 3 aromatic rings. The molecule has 1 unspecified atom stereocenters. The zero-order valence-electron chi connectivity index (χ0n) is 14.3. The van der Waals surface area contributed by atoms with Gasteiger partial charge < -0.3 is 10.1 Å². The van der Waals surface area contributed by atoms with E-state index in [4.69, 9.17) is 16.3 Å². The molecule has 1 atom stereocenters. The number of fused-ring (bicyclic) bond motifs is 1. The third kappa shape index (κ3) is 3.32. The molecule has 3 heterocycles. The molecule has 2 aromatic heterocycles. The van der Waals surface area contributed by atoms with Crippen molar-refractivity contribution in [1.82, 2.24) is 15.5 Å². The lowest BCUT2D eigenvalue weighted by molar-refractivity contribution is 0.0959. The fourth-order valence-electron chi connectivity index (χ4n) is 3.18. The Morgan fingerprint density at radius 3 is 2.85 bits per heavy atom. The van der Waals surface area contributed by atoms with Crippen molar-refractivity contribution < 1.29 is 9.53 Å². The Bertz CT molecular complexity index is 949. The third-order valence-corrected chi connectivity index (χ3v) is 6.05. The number of benzene rings is 1. The van der Waals surface area contributed by atoms with E-state index in [-0.39, 0.29) is 5.91 Å². The normalized spacial score (nSPS) is 16.9. The summed E-state index contributed by atoms with van der Waals surface area (Å²) in [4.78, 5) is 13.3. The van der Waals surface area contributed by atoms with E-state index in [9.17, 15) is 4.79 Å². The van der Waals surface area contributed by atoms with Crippen LogP contribution in [0.25, 0.3) is 20.5 Å². The Labute approximate surface area is 160 Å². The van der Waals surface area contributed by atoms with Crippen LogP contribution < -0.4 is 5.32 Å². The first-order valence-corrected chi connectivity index (χ1v) is 9.70. The molecule has 5 nitrogen and oxygen atoms in total. The summed E-state index contributed by atoms with van der Waals surface area (Å²) in [5, 5.41) is 13.0. The van der Waals surface area contributed by atoms with Gasteiger partial charge >= 0.3 is 0 Å². The smallest absolute Gasteiger partial charge is 0.273 e. The predicted octanol–water partition coefficient (Wildman–Crippen LogP) is 3.95. The molecule has 134 valence electrons. The monoisotopic (exact) mass is 387 g/mol. The molecule has 0 bridgehead atoms. The molecule has 0 aliphatic carbocycles. The second-order valence-corrected chi connectivity index (χ2v) is 7.86. The number of amides is 1. The van der Waals surface area contributed by atoms with Gasteiger partial charge in [-0.05, 0) is 42.5 Å². The summed E-state index contributed by atoms with van der Waals surface area (Å²) in [5.41, 5.74) is 2.37. The molecule has 0 spiro atoms. The first kappa shape index (κ1) is 17.4. The van der Waals surface area contributed by atoms with Crippen LogP contribution in [0.15, 0.2) is 30.3 Å². The standard InChI is InChI=1S/C19H18ClN3O2S/c1-21-19(24)17-18-14(15(22-23-17)8-11-6-7-25-10-11)9-16(26-18)12-2-4-13(20)5-3-12/h2-5,9,11H,6-8,10H2,1H3,(H,21,24). The van der Waals surface area contributed by atoms with E-state index >= 15 is 0 Å². The molecule has 26 heavy (non-hydrogen) atoms. The highest BCUT2D eigenvalue weighted by atomic mass is 35.5. The van der Waals surface area contributed by atoms with E-state index < -0.39 is 0 Å². The van der Waals surface area contributed by atoms with E-state index in [1.54, 1.807) is 18.4 Å². The van der Waals surface area contributed by atoms with Crippen LogP contribution in [0.5, 0.6) is 0 Å². The molecule has 4 rings (SSSR count). The van der Waals surface area contributed by atoms with Gasteiger partial charge in [-0.25, -0.2) is 0 Å². The van der Waals surface area contributed by atoms with Crippen LogP contribution in [-0.4, -0.2) is 36.4 Å². The Morgan fingerprint density at radius 2 is 2.15 bits per heavy atom. The summed E-state index contributed by atoms with van der Waals surface area (Å²) in [7, 11) is 1.60. The number of carbonyl (C=O) groups is 1. The van der Waals surface area contributed by atoms with Gasteiger partial charge in [-0.2, -0.15) is 5.10 Å². The molecule has 1 saturated heterocycles. The molecular formula is C19H18ClN3O2S. The maximum Gasteiger partial charge on any atom is 0.273 e. The number of ether oxygens (including phenoxy) is 1. The highest BCUT2D eigenvalue weighted by Crippen LogP contribution is 2.37. The van der Waals surface area contributed by atoms with Crippen LogP contribution in [0.2, 0.25) is 5.02 Å². The Morgan fingerprint density at radius 1 is 1.35 bits per heavy atom. The highest BCUT2D eigenvalue weighted by Gasteiger charge is 2.22. The van der Waals surface area contributed by atoms with E-state index in [1.807, 2.05) is 24.3 Å². The minimum atomic E-state index is -0.220. The molecule has 1 aliphatic heterocycles. The van der Waals surface area contributed by atoms with Crippen molar-refractivity contribution in [3.05, 3.63) is 46.7 Å². The van der Waals surface area contributed by atoms with Gasteiger partial charge in [-0.15, -0.1) is 16.4 Å². The summed E-state index contributed by atoms with van der Waals surface area (Å²) in [6.45, 7) is 1.56. The van der Waals surface area contributed by atoms with Gasteiger partial charge in [-0.1, -0.05) is 23.7 Å². The molecular weight excluding hydrogens is 370 g/mol. The number of rotatable bonds is 4. The number of nitrogens with zero attached hydrogens (tertiary/aromatic N) is 2. The molecule has 1 fully saturated rings. The molecule has 1 amide bonds. The lowest BCUT2D eigenvalue weighted by atomic mass is 10.0. The SMILES string of the molecule is CNC(=O)c1nnc(CC2CCOC2)c2cc(-c3ccc(Cl)cc3)sc12. The largest absolute Gasteiger partial charge is 0.381 e. The zero-order valence-corrected chi connectivity index (χ0v) is 15.9. The molecule has 1 N–H and O–H groups in total. The van der Waals surface area contributed by atoms with Gasteiger partial charge in [0.25, 0.3) is 5.91 Å². The molecule has 1 aromatic carbocycles. The average molecular weight is 388 g/mol. The number of hydrogen-bond acceptors (Lipinski definition) is 5. The van der Waals surface area contributed by atoms with Crippen molar-refractivity contribution in [3.8, 4) is 10.4 Å². The Hall–Kier alpha value is -2.02. The average Bonchev–Trinajstić information content (AvgIpc) is 3.32. The minimum Gasteiger partial charge on any atom is -0.381 e. The maximum absolute atomic E-state index is 12.2. The van der Waals surface area contributed by atoms with Gasteiger partial charge in [0.15, 0.2) is 5.69 Å².